The summed E-state index contributed by atoms with van der Waals surface area (Å²) in [6.45, 7) is 0.525. The highest BCUT2D eigenvalue weighted by atomic mass is 16.5. The molecule has 1 fully saturated rings. The Labute approximate surface area is 154 Å². The van der Waals surface area contributed by atoms with Gasteiger partial charge in [0.1, 0.15) is 5.82 Å². The van der Waals surface area contributed by atoms with Crippen LogP contribution in [0.3, 0.4) is 0 Å². The fourth-order valence-corrected chi connectivity index (χ4v) is 3.39. The molecule has 0 saturated heterocycles. The molecule has 1 aliphatic rings. The Bertz CT molecular complexity index is 723. The van der Waals surface area contributed by atoms with Crippen LogP contribution in [0.25, 0.3) is 11.3 Å². The quantitative estimate of drug-likeness (QED) is 0.827. The van der Waals surface area contributed by atoms with Gasteiger partial charge in [0.15, 0.2) is 0 Å². The first-order chi connectivity index (χ1) is 12.7. The van der Waals surface area contributed by atoms with Gasteiger partial charge in [0, 0.05) is 43.8 Å². The molecule has 1 aromatic carbocycles. The molecule has 1 aliphatic carbocycles. The SMILES string of the molecule is CO[C@@H]1C[C@@H](C(=O)NCCc2nccc(-c3ccccc3)n2)CC[C@H]1N. The van der Waals surface area contributed by atoms with Gasteiger partial charge in [0.25, 0.3) is 0 Å². The van der Waals surface area contributed by atoms with Crippen LogP contribution in [-0.4, -0.2) is 41.7 Å². The molecule has 2 aromatic rings. The highest BCUT2D eigenvalue weighted by Crippen LogP contribution is 2.25. The molecule has 3 atom stereocenters. The lowest BCUT2D eigenvalue weighted by atomic mass is 9.83. The molecule has 3 N–H and O–H groups in total. The Morgan fingerprint density at radius 2 is 2.08 bits per heavy atom. The number of hydrogen-bond acceptors (Lipinski definition) is 5. The summed E-state index contributed by atoms with van der Waals surface area (Å²) in [4.78, 5) is 21.3. The number of rotatable bonds is 6. The molecule has 0 unspecified atom stereocenters. The van der Waals surface area contributed by atoms with Crippen molar-refractivity contribution in [2.75, 3.05) is 13.7 Å². The number of benzene rings is 1. The van der Waals surface area contributed by atoms with Crippen molar-refractivity contribution in [1.29, 1.82) is 0 Å². The maximum Gasteiger partial charge on any atom is 0.223 e. The molecule has 6 heteroatoms. The molecule has 138 valence electrons. The fraction of sp³-hybridized carbons (Fsp3) is 0.450. The van der Waals surface area contributed by atoms with E-state index >= 15 is 0 Å². The smallest absolute Gasteiger partial charge is 0.223 e. The number of hydrogen-bond donors (Lipinski definition) is 2. The van der Waals surface area contributed by atoms with Gasteiger partial charge in [-0.2, -0.15) is 0 Å². The second-order valence-electron chi connectivity index (χ2n) is 6.71. The molecule has 1 saturated carbocycles. The lowest BCUT2D eigenvalue weighted by Crippen LogP contribution is -2.45. The Hall–Kier alpha value is -2.31. The molecule has 0 radical (unpaired) electrons. The van der Waals surface area contributed by atoms with Crippen LogP contribution in [-0.2, 0) is 16.0 Å². The Morgan fingerprint density at radius 1 is 1.27 bits per heavy atom. The molecular formula is C20H26N4O2. The Morgan fingerprint density at radius 3 is 2.85 bits per heavy atom. The summed E-state index contributed by atoms with van der Waals surface area (Å²) >= 11 is 0. The highest BCUT2D eigenvalue weighted by Gasteiger charge is 2.31. The van der Waals surface area contributed by atoms with Crippen molar-refractivity contribution in [3.8, 4) is 11.3 Å². The summed E-state index contributed by atoms with van der Waals surface area (Å²) in [6, 6.07) is 11.9. The van der Waals surface area contributed by atoms with Crippen LogP contribution in [0.1, 0.15) is 25.1 Å². The average Bonchev–Trinajstić information content (AvgIpc) is 2.69. The maximum atomic E-state index is 12.4. The third-order valence-corrected chi connectivity index (χ3v) is 4.94. The van der Waals surface area contributed by atoms with Crippen molar-refractivity contribution in [3.05, 3.63) is 48.4 Å². The molecule has 1 amide bonds. The van der Waals surface area contributed by atoms with E-state index in [1.54, 1.807) is 13.3 Å². The number of nitrogens with zero attached hydrogens (tertiary/aromatic N) is 2. The van der Waals surface area contributed by atoms with Crippen molar-refractivity contribution in [3.63, 3.8) is 0 Å². The van der Waals surface area contributed by atoms with Gasteiger partial charge in [-0.3, -0.25) is 4.79 Å². The molecule has 6 nitrogen and oxygen atoms in total. The summed E-state index contributed by atoms with van der Waals surface area (Å²) in [5.74, 6) is 0.765. The van der Waals surface area contributed by atoms with Gasteiger partial charge >= 0.3 is 0 Å². The first kappa shape index (κ1) is 18.5. The van der Waals surface area contributed by atoms with Crippen LogP contribution in [0.5, 0.6) is 0 Å². The van der Waals surface area contributed by atoms with Crippen molar-refractivity contribution in [1.82, 2.24) is 15.3 Å². The lowest BCUT2D eigenvalue weighted by molar-refractivity contribution is -0.127. The number of carbonyl (C=O) groups is 1. The van der Waals surface area contributed by atoms with Crippen molar-refractivity contribution >= 4 is 5.91 Å². The zero-order chi connectivity index (χ0) is 18.4. The highest BCUT2D eigenvalue weighted by molar-refractivity contribution is 5.78. The number of ether oxygens (including phenoxy) is 1. The Kier molecular flexibility index (Phi) is 6.30. The molecular weight excluding hydrogens is 328 g/mol. The van der Waals surface area contributed by atoms with Crippen molar-refractivity contribution in [2.24, 2.45) is 11.7 Å². The minimum atomic E-state index is -0.0367. The zero-order valence-electron chi connectivity index (χ0n) is 15.1. The number of methoxy groups -OCH3 is 1. The van der Waals surface area contributed by atoms with E-state index in [9.17, 15) is 4.79 Å². The second kappa shape index (κ2) is 8.87. The first-order valence-corrected chi connectivity index (χ1v) is 9.11. The van der Waals surface area contributed by atoms with Gasteiger partial charge in [-0.05, 0) is 25.3 Å². The molecule has 3 rings (SSSR count). The third-order valence-electron chi connectivity index (χ3n) is 4.94. The number of nitrogens with two attached hydrogens (primary N) is 1. The largest absolute Gasteiger partial charge is 0.380 e. The normalized spacial score (nSPS) is 22.8. The summed E-state index contributed by atoms with van der Waals surface area (Å²) in [5.41, 5.74) is 7.97. The molecule has 0 bridgehead atoms. The summed E-state index contributed by atoms with van der Waals surface area (Å²) in [7, 11) is 1.65. The van der Waals surface area contributed by atoms with E-state index in [0.29, 0.717) is 19.4 Å². The predicted octanol–water partition coefficient (Wildman–Crippen LogP) is 1.94. The zero-order valence-corrected chi connectivity index (χ0v) is 15.1. The van der Waals surface area contributed by atoms with E-state index in [1.807, 2.05) is 36.4 Å². The Balaban J connectivity index is 1.51. The van der Waals surface area contributed by atoms with E-state index in [0.717, 1.165) is 29.9 Å². The second-order valence-corrected chi connectivity index (χ2v) is 6.71. The van der Waals surface area contributed by atoms with Gasteiger partial charge in [-0.25, -0.2) is 9.97 Å². The summed E-state index contributed by atoms with van der Waals surface area (Å²) in [6.07, 6.45) is 4.64. The monoisotopic (exact) mass is 354 g/mol. The average molecular weight is 354 g/mol. The number of nitrogens with one attached hydrogen (secondary N) is 1. The van der Waals surface area contributed by atoms with Crippen molar-refractivity contribution < 1.29 is 9.53 Å². The van der Waals surface area contributed by atoms with Crippen LogP contribution in [0.4, 0.5) is 0 Å². The van der Waals surface area contributed by atoms with E-state index < -0.39 is 0 Å². The topological polar surface area (TPSA) is 90.1 Å². The van der Waals surface area contributed by atoms with E-state index in [2.05, 4.69) is 15.3 Å². The summed E-state index contributed by atoms with van der Waals surface area (Å²) in [5, 5.41) is 3.00. The van der Waals surface area contributed by atoms with Crippen LogP contribution >= 0.6 is 0 Å². The lowest BCUT2D eigenvalue weighted by Gasteiger charge is -2.32. The minimum absolute atomic E-state index is 0.0261. The number of carbonyl (C=O) groups excluding carboxylic acids is 1. The first-order valence-electron chi connectivity index (χ1n) is 9.11. The van der Waals surface area contributed by atoms with Gasteiger partial charge in [0.2, 0.25) is 5.91 Å². The standard InChI is InChI=1S/C20H26N4O2/c1-26-18-13-15(7-8-16(18)21)20(25)23-12-10-19-22-11-9-17(24-19)14-5-3-2-4-6-14/h2-6,9,11,15-16,18H,7-8,10,12-13,21H2,1H3,(H,23,25)/t15-,16+,18+/m0/s1. The molecule has 1 aromatic heterocycles. The minimum Gasteiger partial charge on any atom is -0.380 e. The van der Waals surface area contributed by atoms with Crippen LogP contribution in [0.2, 0.25) is 0 Å². The van der Waals surface area contributed by atoms with E-state index in [-0.39, 0.29) is 24.0 Å². The molecule has 0 aliphatic heterocycles. The van der Waals surface area contributed by atoms with Gasteiger partial charge in [0.05, 0.1) is 11.8 Å². The number of amides is 1. The van der Waals surface area contributed by atoms with Gasteiger partial charge in [-0.1, -0.05) is 30.3 Å². The van der Waals surface area contributed by atoms with E-state index in [1.165, 1.54) is 0 Å². The molecule has 0 spiro atoms. The third kappa shape index (κ3) is 4.65. The van der Waals surface area contributed by atoms with Crippen LogP contribution < -0.4 is 11.1 Å². The summed E-state index contributed by atoms with van der Waals surface area (Å²) < 4.78 is 5.39. The fourth-order valence-electron chi connectivity index (χ4n) is 3.39. The molecule has 1 heterocycles. The molecule has 26 heavy (non-hydrogen) atoms. The van der Waals surface area contributed by atoms with E-state index in [4.69, 9.17) is 10.5 Å². The maximum absolute atomic E-state index is 12.4. The van der Waals surface area contributed by atoms with Crippen molar-refractivity contribution in [2.45, 2.75) is 37.8 Å². The number of aromatic nitrogens is 2. The predicted molar refractivity (Wildman–Crippen MR) is 100 cm³/mol. The van der Waals surface area contributed by atoms with Gasteiger partial charge in [-0.15, -0.1) is 0 Å². The van der Waals surface area contributed by atoms with Crippen LogP contribution in [0, 0.1) is 5.92 Å². The van der Waals surface area contributed by atoms with Gasteiger partial charge < -0.3 is 15.8 Å². The van der Waals surface area contributed by atoms with Crippen LogP contribution in [0.15, 0.2) is 42.6 Å².